The number of aliphatic carboxylic acids is 1. The molecular formula is C5H9NO3. The average Bonchev–Trinajstić information content (AvgIpc) is 1.82. The third-order valence-electron chi connectivity index (χ3n) is 0.707. The van der Waals surface area contributed by atoms with Crippen molar-refractivity contribution in [3.8, 4) is 0 Å². The van der Waals surface area contributed by atoms with Gasteiger partial charge in [0.1, 0.15) is 6.04 Å². The van der Waals surface area contributed by atoms with Gasteiger partial charge in [-0.1, -0.05) is 0 Å². The molecule has 0 aromatic carbocycles. The number of ether oxygens (including phenoxy) is 1. The van der Waals surface area contributed by atoms with Gasteiger partial charge in [-0.25, -0.2) is 0 Å². The molecule has 0 radical (unpaired) electrons. The van der Waals surface area contributed by atoms with Gasteiger partial charge in [-0.2, -0.15) is 0 Å². The minimum Gasteiger partial charge on any atom is -0.505 e. The fourth-order valence-corrected chi connectivity index (χ4v) is 0.246. The number of methoxy groups -OCH3 is 1. The number of hydrogen-bond donors (Lipinski definition) is 2. The Bertz CT molecular complexity index is 121. The summed E-state index contributed by atoms with van der Waals surface area (Å²) < 4.78 is 4.44. The molecule has 3 N–H and O–H groups in total. The molecule has 4 heteroatoms. The summed E-state index contributed by atoms with van der Waals surface area (Å²) >= 11 is 0. The smallest absolute Gasteiger partial charge is 0.324 e. The van der Waals surface area contributed by atoms with Gasteiger partial charge in [-0.05, 0) is 6.08 Å². The van der Waals surface area contributed by atoms with Gasteiger partial charge in [0.05, 0.1) is 13.4 Å². The second kappa shape index (κ2) is 3.91. The lowest BCUT2D eigenvalue weighted by atomic mass is 10.3. The molecule has 0 fully saturated rings. The van der Waals surface area contributed by atoms with Gasteiger partial charge in [0.2, 0.25) is 0 Å². The molecule has 0 aromatic rings. The highest BCUT2D eigenvalue weighted by atomic mass is 16.5. The Labute approximate surface area is 52.9 Å². The first kappa shape index (κ1) is 7.97. The van der Waals surface area contributed by atoms with Crippen LogP contribution in [0.2, 0.25) is 0 Å². The number of nitrogens with two attached hydrogens (primary N) is 1. The zero-order valence-corrected chi connectivity index (χ0v) is 5.07. The fourth-order valence-electron chi connectivity index (χ4n) is 0.246. The lowest BCUT2D eigenvalue weighted by Crippen LogP contribution is -2.27. The van der Waals surface area contributed by atoms with Crippen molar-refractivity contribution in [2.45, 2.75) is 6.04 Å². The first-order valence-corrected chi connectivity index (χ1v) is 2.36. The summed E-state index contributed by atoms with van der Waals surface area (Å²) in [6.45, 7) is 0. The summed E-state index contributed by atoms with van der Waals surface area (Å²) in [7, 11) is 1.42. The van der Waals surface area contributed by atoms with Gasteiger partial charge >= 0.3 is 5.97 Å². The zero-order chi connectivity index (χ0) is 7.28. The van der Waals surface area contributed by atoms with Crippen LogP contribution in [0.15, 0.2) is 12.3 Å². The zero-order valence-electron chi connectivity index (χ0n) is 5.07. The van der Waals surface area contributed by atoms with E-state index in [1.165, 1.54) is 19.4 Å². The maximum absolute atomic E-state index is 9.97. The molecule has 0 aliphatic heterocycles. The quantitative estimate of drug-likeness (QED) is 0.509. The minimum atomic E-state index is -1.07. The van der Waals surface area contributed by atoms with Crippen molar-refractivity contribution in [2.24, 2.45) is 5.73 Å². The van der Waals surface area contributed by atoms with E-state index in [1.807, 2.05) is 0 Å². The van der Waals surface area contributed by atoms with Crippen LogP contribution in [0.5, 0.6) is 0 Å². The topological polar surface area (TPSA) is 72.5 Å². The van der Waals surface area contributed by atoms with E-state index in [0.717, 1.165) is 0 Å². The van der Waals surface area contributed by atoms with Crippen LogP contribution in [-0.2, 0) is 9.53 Å². The Balaban J connectivity index is 3.62. The molecule has 1 atom stereocenters. The van der Waals surface area contributed by atoms with Crippen molar-refractivity contribution in [3.05, 3.63) is 12.3 Å². The Hall–Kier alpha value is -1.03. The van der Waals surface area contributed by atoms with Crippen LogP contribution in [0.4, 0.5) is 0 Å². The van der Waals surface area contributed by atoms with Gasteiger partial charge in [-0.15, -0.1) is 0 Å². The van der Waals surface area contributed by atoms with Gasteiger partial charge in [0.15, 0.2) is 0 Å². The second-order valence-corrected chi connectivity index (χ2v) is 1.43. The third kappa shape index (κ3) is 3.54. The van der Waals surface area contributed by atoms with Crippen LogP contribution in [0.3, 0.4) is 0 Å². The number of hydrogen-bond acceptors (Lipinski definition) is 3. The van der Waals surface area contributed by atoms with E-state index in [1.54, 1.807) is 0 Å². The van der Waals surface area contributed by atoms with Crippen LogP contribution in [-0.4, -0.2) is 24.2 Å². The lowest BCUT2D eigenvalue weighted by molar-refractivity contribution is -0.137. The SMILES string of the molecule is CO/C=C/C(N)C(=O)O. The maximum Gasteiger partial charge on any atom is 0.324 e. The summed E-state index contributed by atoms with van der Waals surface area (Å²) in [5.41, 5.74) is 5.04. The summed E-state index contributed by atoms with van der Waals surface area (Å²) in [6, 6.07) is -0.968. The third-order valence-corrected chi connectivity index (χ3v) is 0.707. The van der Waals surface area contributed by atoms with Crippen molar-refractivity contribution in [2.75, 3.05) is 7.11 Å². The minimum absolute atomic E-state index is 0.968. The molecule has 0 saturated heterocycles. The molecule has 9 heavy (non-hydrogen) atoms. The first-order valence-electron chi connectivity index (χ1n) is 2.36. The maximum atomic E-state index is 9.97. The van der Waals surface area contributed by atoms with E-state index in [-0.39, 0.29) is 0 Å². The highest BCUT2D eigenvalue weighted by Gasteiger charge is 2.04. The highest BCUT2D eigenvalue weighted by Crippen LogP contribution is 1.81. The molecule has 0 rings (SSSR count). The number of carboxylic acid groups (broad SMARTS) is 1. The normalized spacial score (nSPS) is 13.6. The fraction of sp³-hybridized carbons (Fsp3) is 0.400. The lowest BCUT2D eigenvalue weighted by Gasteiger charge is -1.95. The summed E-state index contributed by atoms with van der Waals surface area (Å²) in [5.74, 6) is -1.07. The van der Waals surface area contributed by atoms with E-state index < -0.39 is 12.0 Å². The average molecular weight is 131 g/mol. The van der Waals surface area contributed by atoms with Gasteiger partial charge in [0, 0.05) is 0 Å². The number of rotatable bonds is 3. The van der Waals surface area contributed by atoms with Crippen LogP contribution in [0.25, 0.3) is 0 Å². The van der Waals surface area contributed by atoms with E-state index in [4.69, 9.17) is 10.8 Å². The molecular weight excluding hydrogens is 122 g/mol. The molecule has 0 aromatic heterocycles. The Morgan fingerprint density at radius 3 is 2.78 bits per heavy atom. The Morgan fingerprint density at radius 2 is 2.44 bits per heavy atom. The van der Waals surface area contributed by atoms with Gasteiger partial charge in [0.25, 0.3) is 0 Å². The van der Waals surface area contributed by atoms with Crippen LogP contribution in [0, 0.1) is 0 Å². The van der Waals surface area contributed by atoms with Crippen LogP contribution in [0.1, 0.15) is 0 Å². The van der Waals surface area contributed by atoms with Crippen LogP contribution >= 0.6 is 0 Å². The molecule has 0 bridgehead atoms. The number of carbonyl (C=O) groups is 1. The van der Waals surface area contributed by atoms with Crippen molar-refractivity contribution in [3.63, 3.8) is 0 Å². The summed E-state index contributed by atoms with van der Waals surface area (Å²) in [4.78, 5) is 9.97. The molecule has 1 unspecified atom stereocenters. The number of carboxylic acids is 1. The van der Waals surface area contributed by atoms with E-state index >= 15 is 0 Å². The largest absolute Gasteiger partial charge is 0.505 e. The molecule has 0 aliphatic carbocycles. The predicted molar refractivity (Wildman–Crippen MR) is 31.8 cm³/mol. The summed E-state index contributed by atoms with van der Waals surface area (Å²) in [5, 5.41) is 8.18. The first-order chi connectivity index (χ1) is 4.18. The molecule has 0 heterocycles. The van der Waals surface area contributed by atoms with Crippen molar-refractivity contribution in [1.29, 1.82) is 0 Å². The second-order valence-electron chi connectivity index (χ2n) is 1.43. The van der Waals surface area contributed by atoms with E-state index in [2.05, 4.69) is 4.74 Å². The Kier molecular flexibility index (Phi) is 3.46. The van der Waals surface area contributed by atoms with Gasteiger partial charge in [-0.3, -0.25) is 4.79 Å². The van der Waals surface area contributed by atoms with E-state index in [0.29, 0.717) is 0 Å². The van der Waals surface area contributed by atoms with Crippen molar-refractivity contribution < 1.29 is 14.6 Å². The van der Waals surface area contributed by atoms with Crippen molar-refractivity contribution in [1.82, 2.24) is 0 Å². The molecule has 0 saturated carbocycles. The Morgan fingerprint density at radius 1 is 1.89 bits per heavy atom. The molecule has 52 valence electrons. The van der Waals surface area contributed by atoms with Crippen LogP contribution < -0.4 is 5.73 Å². The molecule has 0 aliphatic rings. The van der Waals surface area contributed by atoms with Crippen molar-refractivity contribution >= 4 is 5.97 Å². The van der Waals surface area contributed by atoms with E-state index in [9.17, 15) is 4.79 Å². The standard InChI is InChI=1S/C5H9NO3/c1-9-3-2-4(6)5(7)8/h2-4H,6H2,1H3,(H,7,8)/b3-2+. The predicted octanol–water partition coefficient (Wildman–Crippen LogP) is -0.442. The van der Waals surface area contributed by atoms with Gasteiger partial charge < -0.3 is 15.6 Å². The highest BCUT2D eigenvalue weighted by molar-refractivity contribution is 5.75. The summed E-state index contributed by atoms with van der Waals surface area (Å²) in [6.07, 6.45) is 2.49. The molecule has 4 nitrogen and oxygen atoms in total. The molecule has 0 spiro atoms. The monoisotopic (exact) mass is 131 g/mol. The molecule has 0 amide bonds.